The van der Waals surface area contributed by atoms with Gasteiger partial charge in [0.15, 0.2) is 0 Å². The van der Waals surface area contributed by atoms with E-state index in [9.17, 15) is 0 Å². The molecule has 0 aliphatic heterocycles. The Bertz CT molecular complexity index is 353. The molecule has 0 spiro atoms. The molecule has 1 heterocycles. The predicted octanol–water partition coefficient (Wildman–Crippen LogP) is 4.67. The maximum Gasteiger partial charge on any atom is 0.0302 e. The Hall–Kier alpha value is -1.08. The van der Waals surface area contributed by atoms with Crippen molar-refractivity contribution in [3.63, 3.8) is 0 Å². The molecular weight excluding hydrogens is 188 g/mol. The molecule has 0 atom stereocenters. The van der Waals surface area contributed by atoms with E-state index < -0.39 is 0 Å². The van der Waals surface area contributed by atoms with Crippen molar-refractivity contribution in [2.24, 2.45) is 0 Å². The monoisotopic (exact) mass is 204 g/mol. The Kier molecular flexibility index (Phi) is 3.90. The lowest BCUT2D eigenvalue weighted by atomic mass is 10.0. The highest BCUT2D eigenvalue weighted by molar-refractivity contribution is 7.11. The van der Waals surface area contributed by atoms with Gasteiger partial charge in [0.1, 0.15) is 0 Å². The third-order valence-electron chi connectivity index (χ3n) is 2.12. The highest BCUT2D eigenvalue weighted by Gasteiger charge is 2.00. The molecule has 0 aromatic carbocycles. The second kappa shape index (κ2) is 4.97. The Morgan fingerprint density at radius 2 is 2.21 bits per heavy atom. The largest absolute Gasteiger partial charge is 0.144 e. The van der Waals surface area contributed by atoms with Crippen LogP contribution in [-0.2, 0) is 0 Å². The van der Waals surface area contributed by atoms with Gasteiger partial charge in [-0.1, -0.05) is 37.8 Å². The minimum Gasteiger partial charge on any atom is -0.144 e. The summed E-state index contributed by atoms with van der Waals surface area (Å²) in [5, 5.41) is 2.10. The summed E-state index contributed by atoms with van der Waals surface area (Å²) in [5.41, 5.74) is 3.40. The van der Waals surface area contributed by atoms with Crippen molar-refractivity contribution < 1.29 is 0 Å². The molecule has 1 heteroatoms. The van der Waals surface area contributed by atoms with Crippen molar-refractivity contribution in [2.45, 2.75) is 20.3 Å². The van der Waals surface area contributed by atoms with E-state index in [1.165, 1.54) is 10.5 Å². The van der Waals surface area contributed by atoms with Crippen LogP contribution in [0.3, 0.4) is 0 Å². The van der Waals surface area contributed by atoms with Gasteiger partial charge in [-0.2, -0.15) is 0 Å². The smallest absolute Gasteiger partial charge is 0.0302 e. The van der Waals surface area contributed by atoms with Crippen molar-refractivity contribution in [2.75, 3.05) is 0 Å². The molecular formula is C13H16S. The summed E-state index contributed by atoms with van der Waals surface area (Å²) >= 11 is 1.77. The second-order valence-electron chi connectivity index (χ2n) is 3.31. The van der Waals surface area contributed by atoms with Crippen molar-refractivity contribution >= 4 is 16.9 Å². The number of allylic oxidation sites excluding steroid dienone is 4. The van der Waals surface area contributed by atoms with Gasteiger partial charge >= 0.3 is 0 Å². The molecule has 14 heavy (non-hydrogen) atoms. The van der Waals surface area contributed by atoms with E-state index in [2.05, 4.69) is 43.7 Å². The topological polar surface area (TPSA) is 0 Å². The minimum atomic E-state index is 1.02. The number of thiophene rings is 1. The maximum absolute atomic E-state index is 3.98. The van der Waals surface area contributed by atoms with Gasteiger partial charge < -0.3 is 0 Å². The lowest BCUT2D eigenvalue weighted by Gasteiger charge is -2.03. The van der Waals surface area contributed by atoms with Gasteiger partial charge in [0.05, 0.1) is 0 Å². The van der Waals surface area contributed by atoms with Gasteiger partial charge in [-0.3, -0.25) is 0 Å². The van der Waals surface area contributed by atoms with Crippen LogP contribution < -0.4 is 0 Å². The van der Waals surface area contributed by atoms with E-state index >= 15 is 0 Å². The van der Waals surface area contributed by atoms with E-state index in [0.29, 0.717) is 0 Å². The SMILES string of the molecule is C=C(C)C(=C)/C=C(\CC)c1cccs1. The highest BCUT2D eigenvalue weighted by atomic mass is 32.1. The van der Waals surface area contributed by atoms with Crippen LogP contribution in [0.1, 0.15) is 25.1 Å². The zero-order chi connectivity index (χ0) is 10.6. The Labute approximate surface area is 90.3 Å². The summed E-state index contributed by atoms with van der Waals surface area (Å²) in [6, 6.07) is 4.22. The van der Waals surface area contributed by atoms with Gasteiger partial charge in [-0.05, 0) is 35.9 Å². The van der Waals surface area contributed by atoms with Crippen LogP contribution in [0, 0.1) is 0 Å². The summed E-state index contributed by atoms with van der Waals surface area (Å²) < 4.78 is 0. The average molecular weight is 204 g/mol. The standard InChI is InChI=1S/C13H16S/c1-5-12(9-11(4)10(2)3)13-7-6-8-14-13/h6-9H,2,4-5H2,1,3H3/b12-9+. The van der Waals surface area contributed by atoms with Crippen molar-refractivity contribution in [1.29, 1.82) is 0 Å². The zero-order valence-electron chi connectivity index (χ0n) is 8.84. The predicted molar refractivity (Wildman–Crippen MR) is 66.5 cm³/mol. The molecule has 0 nitrogen and oxygen atoms in total. The fourth-order valence-corrected chi connectivity index (χ4v) is 1.96. The van der Waals surface area contributed by atoms with Crippen LogP contribution in [0.4, 0.5) is 0 Å². The first-order valence-corrected chi connectivity index (χ1v) is 5.62. The molecule has 0 amide bonds. The average Bonchev–Trinajstić information content (AvgIpc) is 2.66. The van der Waals surface area contributed by atoms with Gasteiger partial charge in [-0.15, -0.1) is 11.3 Å². The van der Waals surface area contributed by atoms with Crippen molar-refractivity contribution in [1.82, 2.24) is 0 Å². The third kappa shape index (κ3) is 2.71. The van der Waals surface area contributed by atoms with Crippen LogP contribution >= 0.6 is 11.3 Å². The first-order chi connectivity index (χ1) is 6.65. The summed E-state index contributed by atoms with van der Waals surface area (Å²) in [6.07, 6.45) is 3.17. The molecule has 1 aromatic rings. The first kappa shape index (κ1) is 11.0. The Morgan fingerprint density at radius 1 is 1.50 bits per heavy atom. The van der Waals surface area contributed by atoms with Crippen LogP contribution in [0.5, 0.6) is 0 Å². The van der Waals surface area contributed by atoms with Gasteiger partial charge in [0, 0.05) is 4.88 Å². The highest BCUT2D eigenvalue weighted by Crippen LogP contribution is 2.25. The van der Waals surface area contributed by atoms with E-state index in [4.69, 9.17) is 0 Å². The number of hydrogen-bond acceptors (Lipinski definition) is 1. The van der Waals surface area contributed by atoms with Crippen LogP contribution in [-0.4, -0.2) is 0 Å². The molecule has 74 valence electrons. The van der Waals surface area contributed by atoms with Crippen molar-refractivity contribution in [3.05, 3.63) is 52.8 Å². The van der Waals surface area contributed by atoms with E-state index in [0.717, 1.165) is 17.6 Å². The molecule has 0 N–H and O–H groups in total. The summed E-state index contributed by atoms with van der Waals surface area (Å²) in [4.78, 5) is 1.33. The first-order valence-electron chi connectivity index (χ1n) is 4.74. The molecule has 0 radical (unpaired) electrons. The van der Waals surface area contributed by atoms with E-state index in [1.807, 2.05) is 6.92 Å². The normalized spacial score (nSPS) is 11.4. The van der Waals surface area contributed by atoms with Gasteiger partial charge in [-0.25, -0.2) is 0 Å². The molecule has 0 aliphatic rings. The quantitative estimate of drug-likeness (QED) is 0.625. The van der Waals surface area contributed by atoms with Crippen LogP contribution in [0.15, 0.2) is 47.9 Å². The molecule has 1 rings (SSSR count). The van der Waals surface area contributed by atoms with Crippen molar-refractivity contribution in [3.8, 4) is 0 Å². The minimum absolute atomic E-state index is 1.02. The lowest BCUT2D eigenvalue weighted by Crippen LogP contribution is -1.81. The fraction of sp³-hybridized carbons (Fsp3) is 0.231. The molecule has 0 bridgehead atoms. The Balaban J connectivity index is 2.93. The number of rotatable bonds is 4. The summed E-state index contributed by atoms with van der Waals surface area (Å²) in [5.74, 6) is 0. The van der Waals surface area contributed by atoms with E-state index in [-0.39, 0.29) is 0 Å². The molecule has 0 saturated carbocycles. The fourth-order valence-electron chi connectivity index (χ4n) is 1.14. The van der Waals surface area contributed by atoms with E-state index in [1.54, 1.807) is 11.3 Å². The zero-order valence-corrected chi connectivity index (χ0v) is 9.66. The van der Waals surface area contributed by atoms with Gasteiger partial charge in [0.25, 0.3) is 0 Å². The second-order valence-corrected chi connectivity index (χ2v) is 4.25. The molecule has 0 aliphatic carbocycles. The Morgan fingerprint density at radius 3 is 2.64 bits per heavy atom. The van der Waals surface area contributed by atoms with Crippen LogP contribution in [0.25, 0.3) is 5.57 Å². The molecule has 0 unspecified atom stereocenters. The van der Waals surface area contributed by atoms with Crippen LogP contribution in [0.2, 0.25) is 0 Å². The summed E-state index contributed by atoms with van der Waals surface area (Å²) in [7, 11) is 0. The molecule has 1 aromatic heterocycles. The maximum atomic E-state index is 3.98. The molecule has 0 fully saturated rings. The lowest BCUT2D eigenvalue weighted by molar-refractivity contribution is 1.25. The summed E-state index contributed by atoms with van der Waals surface area (Å²) in [6.45, 7) is 12.0. The molecule has 0 saturated heterocycles. The number of hydrogen-bond donors (Lipinski definition) is 0. The third-order valence-corrected chi connectivity index (χ3v) is 3.06. The van der Waals surface area contributed by atoms with Gasteiger partial charge in [0.2, 0.25) is 0 Å².